The molecule has 6 nitrogen and oxygen atoms in total. The number of hydrogen-bond donors (Lipinski definition) is 0. The largest absolute Gasteiger partial charge is 0.438 e. The van der Waals surface area contributed by atoms with Crippen molar-refractivity contribution in [1.82, 2.24) is 4.90 Å². The second-order valence-electron chi connectivity index (χ2n) is 7.18. The third-order valence-corrected chi connectivity index (χ3v) is 6.32. The minimum Gasteiger partial charge on any atom is -0.438 e. The zero-order valence-corrected chi connectivity index (χ0v) is 18.8. The SMILES string of the molecule is C[C@@H](c1ccc(Br)cc1)N1CCC(CCOS(C)(=O)=O)(c2ccccc2)OC1=O. The predicted molar refractivity (Wildman–Crippen MR) is 114 cm³/mol. The lowest BCUT2D eigenvalue weighted by Gasteiger charge is -2.43. The molecule has 0 saturated carbocycles. The van der Waals surface area contributed by atoms with Crippen LogP contribution in [-0.2, 0) is 24.6 Å². The van der Waals surface area contributed by atoms with Crippen molar-refractivity contribution in [3.63, 3.8) is 0 Å². The highest BCUT2D eigenvalue weighted by Crippen LogP contribution is 2.39. The fraction of sp³-hybridized carbons (Fsp3) is 0.381. The molecule has 3 rings (SSSR count). The molecule has 1 fully saturated rings. The van der Waals surface area contributed by atoms with Gasteiger partial charge in [0.15, 0.2) is 0 Å². The highest BCUT2D eigenvalue weighted by atomic mass is 79.9. The van der Waals surface area contributed by atoms with Crippen molar-refractivity contribution in [2.75, 3.05) is 19.4 Å². The van der Waals surface area contributed by atoms with E-state index in [9.17, 15) is 13.2 Å². The van der Waals surface area contributed by atoms with Crippen LogP contribution in [0.3, 0.4) is 0 Å². The number of rotatable bonds is 7. The lowest BCUT2D eigenvalue weighted by molar-refractivity contribution is -0.0701. The van der Waals surface area contributed by atoms with Crippen LogP contribution in [0.2, 0.25) is 0 Å². The first-order chi connectivity index (χ1) is 13.7. The molecule has 1 unspecified atom stereocenters. The minimum atomic E-state index is -3.57. The van der Waals surface area contributed by atoms with Crippen molar-refractivity contribution < 1.29 is 22.1 Å². The van der Waals surface area contributed by atoms with Gasteiger partial charge in [0.05, 0.1) is 18.9 Å². The highest BCUT2D eigenvalue weighted by Gasteiger charge is 2.43. The quantitative estimate of drug-likeness (QED) is 0.539. The van der Waals surface area contributed by atoms with Gasteiger partial charge in [-0.2, -0.15) is 8.42 Å². The van der Waals surface area contributed by atoms with Gasteiger partial charge in [0.2, 0.25) is 0 Å². The molecule has 0 bridgehead atoms. The molecule has 1 saturated heterocycles. The maximum atomic E-state index is 13.0. The number of halogens is 1. The number of ether oxygens (including phenoxy) is 1. The van der Waals surface area contributed by atoms with E-state index in [4.69, 9.17) is 8.92 Å². The van der Waals surface area contributed by atoms with Crippen LogP contribution in [0.25, 0.3) is 0 Å². The van der Waals surface area contributed by atoms with E-state index in [1.54, 1.807) is 4.90 Å². The van der Waals surface area contributed by atoms with E-state index < -0.39 is 21.8 Å². The first kappa shape index (κ1) is 21.8. The third-order valence-electron chi connectivity index (χ3n) is 5.20. The number of cyclic esters (lactones) is 1. The Balaban J connectivity index is 1.80. The minimum absolute atomic E-state index is 0.0523. The number of carbonyl (C=O) groups excluding carboxylic acids is 1. The van der Waals surface area contributed by atoms with Crippen LogP contribution >= 0.6 is 15.9 Å². The first-order valence-electron chi connectivity index (χ1n) is 9.35. The molecule has 2 atom stereocenters. The molecular formula is C21H24BrNO5S. The Bertz CT molecular complexity index is 949. The molecule has 0 aliphatic carbocycles. The molecule has 1 heterocycles. The fourth-order valence-corrected chi connectivity index (χ4v) is 4.22. The number of hydrogen-bond acceptors (Lipinski definition) is 5. The molecule has 1 aliphatic heterocycles. The monoisotopic (exact) mass is 481 g/mol. The molecule has 2 aromatic carbocycles. The van der Waals surface area contributed by atoms with Gasteiger partial charge in [-0.25, -0.2) is 4.79 Å². The van der Waals surface area contributed by atoms with Gasteiger partial charge in [0, 0.05) is 23.9 Å². The normalized spacial score (nSPS) is 20.9. The van der Waals surface area contributed by atoms with Crippen molar-refractivity contribution in [3.8, 4) is 0 Å². The summed E-state index contributed by atoms with van der Waals surface area (Å²) in [7, 11) is -3.57. The molecule has 0 aromatic heterocycles. The first-order valence-corrected chi connectivity index (χ1v) is 12.0. The number of nitrogens with zero attached hydrogens (tertiary/aromatic N) is 1. The number of benzene rings is 2. The van der Waals surface area contributed by atoms with Crippen molar-refractivity contribution in [3.05, 3.63) is 70.2 Å². The molecule has 8 heteroatoms. The van der Waals surface area contributed by atoms with Gasteiger partial charge in [-0.15, -0.1) is 0 Å². The predicted octanol–water partition coefficient (Wildman–Crippen LogP) is 4.61. The second kappa shape index (κ2) is 8.85. The van der Waals surface area contributed by atoms with Gasteiger partial charge < -0.3 is 9.64 Å². The summed E-state index contributed by atoms with van der Waals surface area (Å²) in [6.45, 7) is 2.40. The van der Waals surface area contributed by atoms with E-state index in [0.717, 1.165) is 21.9 Å². The molecule has 0 N–H and O–H groups in total. The Hall–Kier alpha value is -1.90. The summed E-state index contributed by atoms with van der Waals surface area (Å²) in [5.41, 5.74) is 0.929. The van der Waals surface area contributed by atoms with E-state index in [1.165, 1.54) is 0 Å². The lowest BCUT2D eigenvalue weighted by Crippen LogP contribution is -2.49. The van der Waals surface area contributed by atoms with E-state index >= 15 is 0 Å². The van der Waals surface area contributed by atoms with Gasteiger partial charge in [0.25, 0.3) is 10.1 Å². The van der Waals surface area contributed by atoms with Crippen molar-refractivity contribution in [2.24, 2.45) is 0 Å². The molecule has 156 valence electrons. The van der Waals surface area contributed by atoms with Gasteiger partial charge in [0.1, 0.15) is 5.60 Å². The third kappa shape index (κ3) is 5.38. The second-order valence-corrected chi connectivity index (χ2v) is 9.73. The summed E-state index contributed by atoms with van der Waals surface area (Å²) in [6.07, 6.45) is 1.39. The number of amides is 1. The average Bonchev–Trinajstić information content (AvgIpc) is 2.68. The highest BCUT2D eigenvalue weighted by molar-refractivity contribution is 9.10. The van der Waals surface area contributed by atoms with Crippen molar-refractivity contribution >= 4 is 32.1 Å². The maximum absolute atomic E-state index is 13.0. The molecule has 1 amide bonds. The van der Waals surface area contributed by atoms with E-state index in [1.807, 2.05) is 61.5 Å². The van der Waals surface area contributed by atoms with Crippen molar-refractivity contribution in [1.29, 1.82) is 0 Å². The van der Waals surface area contributed by atoms with Crippen LogP contribution in [0.5, 0.6) is 0 Å². The van der Waals surface area contributed by atoms with Gasteiger partial charge >= 0.3 is 6.09 Å². The average molecular weight is 482 g/mol. The Morgan fingerprint density at radius 1 is 1.17 bits per heavy atom. The van der Waals surface area contributed by atoms with Gasteiger partial charge in [-0.05, 0) is 30.2 Å². The Morgan fingerprint density at radius 3 is 2.41 bits per heavy atom. The van der Waals surface area contributed by atoms with E-state index in [0.29, 0.717) is 13.0 Å². The van der Waals surface area contributed by atoms with Crippen LogP contribution in [0, 0.1) is 0 Å². The molecule has 2 aromatic rings. The van der Waals surface area contributed by atoms with Crippen LogP contribution < -0.4 is 0 Å². The van der Waals surface area contributed by atoms with Crippen LogP contribution in [0.4, 0.5) is 4.79 Å². The Kier molecular flexibility index (Phi) is 6.65. The summed E-state index contributed by atoms with van der Waals surface area (Å²) >= 11 is 3.42. The Morgan fingerprint density at radius 2 is 1.83 bits per heavy atom. The molecule has 0 spiro atoms. The number of carbonyl (C=O) groups is 1. The fourth-order valence-electron chi connectivity index (χ4n) is 3.57. The van der Waals surface area contributed by atoms with Crippen LogP contribution in [0.15, 0.2) is 59.1 Å². The summed E-state index contributed by atoms with van der Waals surface area (Å²) in [5.74, 6) is 0. The summed E-state index contributed by atoms with van der Waals surface area (Å²) in [5, 5.41) is 0. The standard InChI is InChI=1S/C21H24BrNO5S/c1-16(17-8-10-19(22)11-9-17)23-14-12-21(28-20(23)24,13-15-27-29(2,25)26)18-6-4-3-5-7-18/h3-11,16H,12-15H2,1-2H3/t16-,21?/m0/s1. The van der Waals surface area contributed by atoms with Gasteiger partial charge in [-0.1, -0.05) is 58.4 Å². The zero-order chi connectivity index (χ0) is 21.1. The summed E-state index contributed by atoms with van der Waals surface area (Å²) in [4.78, 5) is 14.7. The Labute approximate surface area is 180 Å². The van der Waals surface area contributed by atoms with Crippen LogP contribution in [-0.4, -0.2) is 38.8 Å². The maximum Gasteiger partial charge on any atom is 0.411 e. The van der Waals surface area contributed by atoms with E-state index in [-0.39, 0.29) is 19.1 Å². The molecule has 29 heavy (non-hydrogen) atoms. The summed E-state index contributed by atoms with van der Waals surface area (Å²) in [6, 6.07) is 17.1. The molecule has 0 radical (unpaired) electrons. The topological polar surface area (TPSA) is 72.9 Å². The smallest absolute Gasteiger partial charge is 0.411 e. The van der Waals surface area contributed by atoms with Gasteiger partial charge in [-0.3, -0.25) is 4.18 Å². The molecule has 1 aliphatic rings. The lowest BCUT2D eigenvalue weighted by atomic mass is 9.85. The van der Waals surface area contributed by atoms with E-state index in [2.05, 4.69) is 15.9 Å². The summed E-state index contributed by atoms with van der Waals surface area (Å²) < 4.78 is 34.6. The zero-order valence-electron chi connectivity index (χ0n) is 16.4. The molecular weight excluding hydrogens is 458 g/mol. The van der Waals surface area contributed by atoms with Crippen molar-refractivity contribution in [2.45, 2.75) is 31.4 Å². The van der Waals surface area contributed by atoms with Crippen LogP contribution in [0.1, 0.15) is 36.9 Å².